The fourth-order valence-electron chi connectivity index (χ4n) is 2.90. The Bertz CT molecular complexity index is 1010. The van der Waals surface area contributed by atoms with Gasteiger partial charge >= 0.3 is 0 Å². The Kier molecular flexibility index (Phi) is 5.18. The van der Waals surface area contributed by atoms with Gasteiger partial charge in [-0.2, -0.15) is 0 Å². The number of fused-ring (bicyclic) bond motifs is 1. The molecule has 1 amide bonds. The summed E-state index contributed by atoms with van der Waals surface area (Å²) in [6.07, 6.45) is 0. The number of non-ortho nitro benzene ring substituents is 1. The molecule has 0 atom stereocenters. The van der Waals surface area contributed by atoms with Crippen molar-refractivity contribution in [2.45, 2.75) is 20.0 Å². The second kappa shape index (κ2) is 7.55. The Labute approximate surface area is 156 Å². The van der Waals surface area contributed by atoms with Crippen molar-refractivity contribution >= 4 is 28.3 Å². The van der Waals surface area contributed by atoms with Gasteiger partial charge in [0.05, 0.1) is 28.2 Å². The van der Waals surface area contributed by atoms with Gasteiger partial charge < -0.3 is 14.8 Å². The summed E-state index contributed by atoms with van der Waals surface area (Å²) in [6.45, 7) is 2.47. The van der Waals surface area contributed by atoms with Crippen molar-refractivity contribution in [3.63, 3.8) is 0 Å². The van der Waals surface area contributed by atoms with Crippen molar-refractivity contribution in [2.24, 2.45) is 0 Å². The van der Waals surface area contributed by atoms with E-state index < -0.39 is 4.92 Å². The number of aryl methyl sites for hydroxylation is 1. The second-order valence-electron chi connectivity index (χ2n) is 6.65. The summed E-state index contributed by atoms with van der Waals surface area (Å²) >= 11 is 0. The third kappa shape index (κ3) is 4.12. The van der Waals surface area contributed by atoms with E-state index in [1.54, 1.807) is 13.0 Å². The molecule has 0 bridgehead atoms. The largest absolute Gasteiger partial charge is 0.324 e. The van der Waals surface area contributed by atoms with Crippen molar-refractivity contribution in [3.8, 4) is 0 Å². The van der Waals surface area contributed by atoms with Crippen molar-refractivity contribution in [1.82, 2.24) is 14.5 Å². The van der Waals surface area contributed by atoms with Gasteiger partial charge in [0, 0.05) is 12.1 Å². The lowest BCUT2D eigenvalue weighted by Gasteiger charge is -2.13. The number of hydrogen-bond donors (Lipinski definition) is 1. The molecule has 1 N–H and O–H groups in total. The van der Waals surface area contributed by atoms with Crippen LogP contribution in [-0.2, 0) is 17.9 Å². The van der Waals surface area contributed by atoms with Crippen molar-refractivity contribution in [1.29, 1.82) is 0 Å². The molecule has 8 nitrogen and oxygen atoms in total. The molecule has 3 rings (SSSR count). The molecule has 0 radical (unpaired) electrons. The van der Waals surface area contributed by atoms with Gasteiger partial charge in [0.15, 0.2) is 0 Å². The van der Waals surface area contributed by atoms with E-state index in [9.17, 15) is 14.9 Å². The van der Waals surface area contributed by atoms with Crippen LogP contribution in [0.5, 0.6) is 0 Å². The predicted molar refractivity (Wildman–Crippen MR) is 104 cm³/mol. The van der Waals surface area contributed by atoms with Crippen LogP contribution in [0.4, 0.5) is 11.4 Å². The molecular formula is C19H21N5O3. The number of imidazole rings is 1. The number of para-hydroxylation sites is 2. The number of nitro groups is 1. The van der Waals surface area contributed by atoms with Crippen LogP contribution in [-0.4, -0.2) is 39.4 Å². The number of nitrogens with one attached hydrogen (secondary N) is 1. The molecule has 0 unspecified atom stereocenters. The van der Waals surface area contributed by atoms with Gasteiger partial charge in [-0.1, -0.05) is 18.2 Å². The van der Waals surface area contributed by atoms with Gasteiger partial charge in [-0.05, 0) is 38.7 Å². The first-order valence-electron chi connectivity index (χ1n) is 8.49. The maximum atomic E-state index is 12.7. The van der Waals surface area contributed by atoms with Crippen molar-refractivity contribution < 1.29 is 9.72 Å². The average molecular weight is 367 g/mol. The molecule has 27 heavy (non-hydrogen) atoms. The molecular weight excluding hydrogens is 346 g/mol. The average Bonchev–Trinajstić information content (AvgIpc) is 2.93. The summed E-state index contributed by atoms with van der Waals surface area (Å²) in [4.78, 5) is 29.8. The van der Waals surface area contributed by atoms with Crippen molar-refractivity contribution in [2.75, 3.05) is 19.4 Å². The summed E-state index contributed by atoms with van der Waals surface area (Å²) in [6, 6.07) is 12.1. The lowest BCUT2D eigenvalue weighted by molar-refractivity contribution is -0.384. The van der Waals surface area contributed by atoms with Gasteiger partial charge in [-0.3, -0.25) is 14.9 Å². The third-order valence-electron chi connectivity index (χ3n) is 4.20. The molecule has 0 spiro atoms. The third-order valence-corrected chi connectivity index (χ3v) is 4.20. The monoisotopic (exact) mass is 367 g/mol. The maximum absolute atomic E-state index is 12.7. The first-order valence-corrected chi connectivity index (χ1v) is 8.49. The molecule has 0 fully saturated rings. The number of rotatable bonds is 6. The maximum Gasteiger partial charge on any atom is 0.271 e. The molecule has 0 aliphatic carbocycles. The minimum Gasteiger partial charge on any atom is -0.324 e. The van der Waals surface area contributed by atoms with Gasteiger partial charge in [-0.15, -0.1) is 0 Å². The highest BCUT2D eigenvalue weighted by Gasteiger charge is 2.16. The van der Waals surface area contributed by atoms with E-state index in [0.29, 0.717) is 12.2 Å². The number of carbonyl (C=O) groups excluding carboxylic acids is 1. The van der Waals surface area contributed by atoms with Crippen LogP contribution in [0.3, 0.4) is 0 Å². The van der Waals surface area contributed by atoms with Gasteiger partial charge in [-0.25, -0.2) is 4.98 Å². The molecule has 1 heterocycles. The summed E-state index contributed by atoms with van der Waals surface area (Å²) in [5, 5.41) is 13.8. The quantitative estimate of drug-likeness (QED) is 0.534. The lowest BCUT2D eigenvalue weighted by atomic mass is 10.2. The lowest BCUT2D eigenvalue weighted by Crippen LogP contribution is -2.23. The first-order chi connectivity index (χ1) is 12.8. The summed E-state index contributed by atoms with van der Waals surface area (Å²) in [7, 11) is 3.88. The zero-order chi connectivity index (χ0) is 19.6. The van der Waals surface area contributed by atoms with Crippen LogP contribution in [0.25, 0.3) is 11.0 Å². The highest BCUT2D eigenvalue weighted by Crippen LogP contribution is 2.22. The fraction of sp³-hybridized carbons (Fsp3) is 0.263. The highest BCUT2D eigenvalue weighted by atomic mass is 16.6. The molecule has 0 aliphatic rings. The second-order valence-corrected chi connectivity index (χ2v) is 6.65. The minimum atomic E-state index is -0.479. The number of nitro benzene ring substituents is 1. The zero-order valence-electron chi connectivity index (χ0n) is 15.5. The van der Waals surface area contributed by atoms with Gasteiger partial charge in [0.25, 0.3) is 5.69 Å². The zero-order valence-corrected chi connectivity index (χ0v) is 15.5. The first kappa shape index (κ1) is 18.5. The molecule has 2 aromatic carbocycles. The Balaban J connectivity index is 1.88. The number of carbonyl (C=O) groups is 1. The Morgan fingerprint density at radius 1 is 1.26 bits per heavy atom. The van der Waals surface area contributed by atoms with Crippen LogP contribution in [0.1, 0.15) is 11.4 Å². The smallest absolute Gasteiger partial charge is 0.271 e. The Morgan fingerprint density at radius 3 is 2.70 bits per heavy atom. The fourth-order valence-corrected chi connectivity index (χ4v) is 2.90. The van der Waals surface area contributed by atoms with Crippen molar-refractivity contribution in [3.05, 3.63) is 64.0 Å². The van der Waals surface area contributed by atoms with Gasteiger partial charge in [0.2, 0.25) is 5.91 Å². The van der Waals surface area contributed by atoms with E-state index in [0.717, 1.165) is 22.4 Å². The standard InChI is InChI=1S/C19H21N5O3/c1-13-8-9-14(24(26)27)10-16(13)21-19(25)12-23-17-7-5-4-6-15(17)20-18(23)11-22(2)3/h4-10H,11-12H2,1-3H3,(H,21,25). The van der Waals surface area contributed by atoms with Gasteiger partial charge in [0.1, 0.15) is 12.4 Å². The number of aromatic nitrogens is 2. The molecule has 0 aliphatic heterocycles. The van der Waals surface area contributed by atoms with E-state index >= 15 is 0 Å². The minimum absolute atomic E-state index is 0.0581. The number of nitrogens with zero attached hydrogens (tertiary/aromatic N) is 4. The molecule has 0 saturated carbocycles. The van der Waals surface area contributed by atoms with E-state index in [1.807, 2.05) is 47.8 Å². The number of amides is 1. The van der Waals surface area contributed by atoms with E-state index in [-0.39, 0.29) is 18.1 Å². The molecule has 3 aromatic rings. The summed E-state index contributed by atoms with van der Waals surface area (Å²) in [5.41, 5.74) is 2.84. The Hall–Kier alpha value is -3.26. The number of anilines is 1. The van der Waals surface area contributed by atoms with E-state index in [4.69, 9.17) is 0 Å². The Morgan fingerprint density at radius 2 is 2.00 bits per heavy atom. The highest BCUT2D eigenvalue weighted by molar-refractivity contribution is 5.92. The number of hydrogen-bond acceptors (Lipinski definition) is 5. The summed E-state index contributed by atoms with van der Waals surface area (Å²) in [5.74, 6) is 0.522. The SMILES string of the molecule is Cc1ccc([N+](=O)[O-])cc1NC(=O)Cn1c(CN(C)C)nc2ccccc21. The molecule has 1 aromatic heterocycles. The van der Waals surface area contributed by atoms with E-state index in [2.05, 4.69) is 10.3 Å². The molecule has 140 valence electrons. The van der Waals surface area contributed by atoms with Crippen LogP contribution in [0, 0.1) is 17.0 Å². The van der Waals surface area contributed by atoms with Crippen LogP contribution >= 0.6 is 0 Å². The van der Waals surface area contributed by atoms with Crippen LogP contribution in [0.15, 0.2) is 42.5 Å². The predicted octanol–water partition coefficient (Wildman–Crippen LogP) is 2.95. The van der Waals surface area contributed by atoms with Crippen LogP contribution < -0.4 is 5.32 Å². The topological polar surface area (TPSA) is 93.3 Å². The number of benzene rings is 2. The molecule has 0 saturated heterocycles. The molecule has 8 heteroatoms. The van der Waals surface area contributed by atoms with E-state index in [1.165, 1.54) is 12.1 Å². The normalized spacial score (nSPS) is 11.1. The van der Waals surface area contributed by atoms with Crippen LogP contribution in [0.2, 0.25) is 0 Å². The summed E-state index contributed by atoms with van der Waals surface area (Å²) < 4.78 is 1.87.